The van der Waals surface area contributed by atoms with E-state index in [0.717, 1.165) is 33.3 Å². The lowest BCUT2D eigenvalue weighted by Crippen LogP contribution is -2.19. The summed E-state index contributed by atoms with van der Waals surface area (Å²) in [5.74, 6) is -0.147. The minimum atomic E-state index is -0.147. The Morgan fingerprint density at radius 2 is 1.70 bits per heavy atom. The van der Waals surface area contributed by atoms with Crippen LogP contribution >= 0.6 is 23.2 Å². The second-order valence-electron chi connectivity index (χ2n) is 8.24. The van der Waals surface area contributed by atoms with Gasteiger partial charge in [0.25, 0.3) is 0 Å². The molecule has 0 saturated heterocycles. The molecule has 0 bridgehead atoms. The number of amides is 1. The predicted octanol–water partition coefficient (Wildman–Crippen LogP) is 6.61. The minimum absolute atomic E-state index is 0.147. The molecule has 0 saturated carbocycles. The molecule has 0 atom stereocenters. The third kappa shape index (κ3) is 5.13. The highest BCUT2D eigenvalue weighted by Crippen LogP contribution is 2.28. The van der Waals surface area contributed by atoms with Crippen molar-refractivity contribution in [1.82, 2.24) is 9.99 Å². The van der Waals surface area contributed by atoms with Crippen molar-refractivity contribution in [2.24, 2.45) is 5.10 Å². The van der Waals surface area contributed by atoms with Gasteiger partial charge in [0.2, 0.25) is 5.91 Å². The van der Waals surface area contributed by atoms with E-state index < -0.39 is 0 Å². The second-order valence-corrected chi connectivity index (χ2v) is 9.05. The average molecular weight is 478 g/mol. The highest BCUT2D eigenvalue weighted by molar-refractivity contribution is 6.42. The number of nitrogens with zero attached hydrogens (tertiary/aromatic N) is 2. The van der Waals surface area contributed by atoms with Crippen LogP contribution in [0.25, 0.3) is 10.9 Å². The molecular formula is C27H25Cl2N3O. The molecule has 0 spiro atoms. The lowest BCUT2D eigenvalue weighted by Gasteiger charge is -2.09. The van der Waals surface area contributed by atoms with Crippen LogP contribution in [-0.2, 0) is 17.8 Å². The molecule has 0 aliphatic carbocycles. The normalized spacial score (nSPS) is 11.4. The van der Waals surface area contributed by atoms with Gasteiger partial charge in [-0.3, -0.25) is 4.79 Å². The molecule has 0 fully saturated rings. The first-order valence-corrected chi connectivity index (χ1v) is 11.5. The van der Waals surface area contributed by atoms with E-state index >= 15 is 0 Å². The van der Waals surface area contributed by atoms with Crippen molar-refractivity contribution in [2.75, 3.05) is 0 Å². The number of para-hydroxylation sites is 1. The Morgan fingerprint density at radius 1 is 0.939 bits per heavy atom. The Hall–Kier alpha value is -3.08. The maximum Gasteiger partial charge on any atom is 0.244 e. The van der Waals surface area contributed by atoms with Crippen molar-refractivity contribution in [3.8, 4) is 0 Å². The monoisotopic (exact) mass is 477 g/mol. The van der Waals surface area contributed by atoms with E-state index in [4.69, 9.17) is 23.2 Å². The van der Waals surface area contributed by atoms with Crippen molar-refractivity contribution in [2.45, 2.75) is 33.7 Å². The maximum atomic E-state index is 12.4. The van der Waals surface area contributed by atoms with Crippen molar-refractivity contribution < 1.29 is 4.79 Å². The Bertz CT molecular complexity index is 1370. The summed E-state index contributed by atoms with van der Waals surface area (Å²) in [6.07, 6.45) is 2.01. The standard InChI is InChI=1S/C27H25Cl2N3O/c1-17-8-9-20(12-18(17)2)14-27(33)31-30-15-23-19(3)32(26-7-5-4-6-22(23)26)16-21-10-11-24(28)25(29)13-21/h4-13,15H,14,16H2,1-3H3,(H,31,33)/b30-15+. The molecule has 4 nitrogen and oxygen atoms in total. The molecule has 4 rings (SSSR count). The first kappa shape index (κ1) is 23.1. The van der Waals surface area contributed by atoms with Gasteiger partial charge in [0.15, 0.2) is 0 Å². The number of fused-ring (bicyclic) bond motifs is 1. The average Bonchev–Trinajstić information content (AvgIpc) is 3.05. The number of halogens is 2. The SMILES string of the molecule is Cc1ccc(CC(=O)N/N=C/c2c(C)n(Cc3ccc(Cl)c(Cl)c3)c3ccccc23)cc1C. The van der Waals surface area contributed by atoms with Gasteiger partial charge in [-0.2, -0.15) is 5.10 Å². The van der Waals surface area contributed by atoms with E-state index in [1.54, 1.807) is 6.21 Å². The molecule has 1 N–H and O–H groups in total. The van der Waals surface area contributed by atoms with Crippen LogP contribution in [0.2, 0.25) is 10.0 Å². The zero-order valence-electron chi connectivity index (χ0n) is 18.8. The predicted molar refractivity (Wildman–Crippen MR) is 138 cm³/mol. The highest BCUT2D eigenvalue weighted by atomic mass is 35.5. The zero-order valence-corrected chi connectivity index (χ0v) is 20.3. The van der Waals surface area contributed by atoms with Crippen LogP contribution in [0, 0.1) is 20.8 Å². The fourth-order valence-electron chi connectivity index (χ4n) is 3.95. The Balaban J connectivity index is 1.55. The van der Waals surface area contributed by atoms with Gasteiger partial charge in [0.1, 0.15) is 0 Å². The zero-order chi connectivity index (χ0) is 23.5. The second kappa shape index (κ2) is 9.82. The van der Waals surface area contributed by atoms with Crippen LogP contribution in [0.5, 0.6) is 0 Å². The molecule has 0 unspecified atom stereocenters. The van der Waals surface area contributed by atoms with Crippen molar-refractivity contribution in [3.05, 3.63) is 104 Å². The van der Waals surface area contributed by atoms with Crippen LogP contribution in [0.4, 0.5) is 0 Å². The third-order valence-electron chi connectivity index (χ3n) is 5.92. The number of carbonyl (C=O) groups excluding carboxylic acids is 1. The molecule has 1 aromatic heterocycles. The molecule has 33 heavy (non-hydrogen) atoms. The summed E-state index contributed by atoms with van der Waals surface area (Å²) in [6, 6.07) is 19.9. The number of hydrogen-bond acceptors (Lipinski definition) is 2. The molecule has 0 aliphatic heterocycles. The number of benzene rings is 3. The van der Waals surface area contributed by atoms with E-state index in [0.29, 0.717) is 16.6 Å². The van der Waals surface area contributed by atoms with Crippen molar-refractivity contribution in [3.63, 3.8) is 0 Å². The molecule has 1 heterocycles. The van der Waals surface area contributed by atoms with E-state index in [9.17, 15) is 4.79 Å². The van der Waals surface area contributed by atoms with Gasteiger partial charge in [0, 0.05) is 28.7 Å². The number of aromatic nitrogens is 1. The Kier molecular flexibility index (Phi) is 6.87. The fraction of sp³-hybridized carbons (Fsp3) is 0.185. The van der Waals surface area contributed by atoms with E-state index in [1.165, 1.54) is 11.1 Å². The molecule has 0 aliphatic rings. The van der Waals surface area contributed by atoms with E-state index in [2.05, 4.69) is 41.1 Å². The van der Waals surface area contributed by atoms with Gasteiger partial charge in [-0.15, -0.1) is 0 Å². The molecule has 0 radical (unpaired) electrons. The number of rotatable bonds is 6. The van der Waals surface area contributed by atoms with Gasteiger partial charge in [-0.1, -0.05) is 65.7 Å². The smallest absolute Gasteiger partial charge is 0.244 e. The minimum Gasteiger partial charge on any atom is -0.340 e. The number of hydrazone groups is 1. The highest BCUT2D eigenvalue weighted by Gasteiger charge is 2.13. The van der Waals surface area contributed by atoms with Crippen molar-refractivity contribution in [1.29, 1.82) is 0 Å². The van der Waals surface area contributed by atoms with Crippen LogP contribution in [0.15, 0.2) is 65.8 Å². The largest absolute Gasteiger partial charge is 0.340 e. The van der Waals surface area contributed by atoms with Gasteiger partial charge in [0.05, 0.1) is 22.7 Å². The quantitative estimate of drug-likeness (QED) is 0.246. The van der Waals surface area contributed by atoms with Gasteiger partial charge in [-0.25, -0.2) is 5.43 Å². The van der Waals surface area contributed by atoms with Crippen LogP contribution in [-0.4, -0.2) is 16.7 Å². The number of nitrogens with one attached hydrogen (secondary N) is 1. The van der Waals surface area contributed by atoms with Crippen LogP contribution in [0.1, 0.15) is 33.5 Å². The topological polar surface area (TPSA) is 46.4 Å². The van der Waals surface area contributed by atoms with Crippen LogP contribution < -0.4 is 5.43 Å². The first-order chi connectivity index (χ1) is 15.8. The molecule has 3 aromatic carbocycles. The summed E-state index contributed by atoms with van der Waals surface area (Å²) < 4.78 is 2.22. The molecule has 168 valence electrons. The van der Waals surface area contributed by atoms with Crippen molar-refractivity contribution >= 4 is 46.2 Å². The Labute approximate surface area is 203 Å². The summed E-state index contributed by atoms with van der Waals surface area (Å²) in [7, 11) is 0. The molecule has 4 aromatic rings. The lowest BCUT2D eigenvalue weighted by molar-refractivity contribution is -0.120. The lowest BCUT2D eigenvalue weighted by atomic mass is 10.0. The number of aryl methyl sites for hydroxylation is 2. The summed E-state index contributed by atoms with van der Waals surface area (Å²) in [5, 5.41) is 6.41. The summed E-state index contributed by atoms with van der Waals surface area (Å²) >= 11 is 12.3. The van der Waals surface area contributed by atoms with Crippen LogP contribution in [0.3, 0.4) is 0 Å². The number of carbonyl (C=O) groups is 1. The van der Waals surface area contributed by atoms with Gasteiger partial charge in [-0.05, 0) is 61.2 Å². The summed E-state index contributed by atoms with van der Waals surface area (Å²) in [5.41, 5.74) is 10.2. The Morgan fingerprint density at radius 3 is 2.45 bits per heavy atom. The first-order valence-electron chi connectivity index (χ1n) is 10.7. The third-order valence-corrected chi connectivity index (χ3v) is 6.66. The summed E-state index contributed by atoms with van der Waals surface area (Å²) in [6.45, 7) is 6.81. The maximum absolute atomic E-state index is 12.4. The molecule has 6 heteroatoms. The molecule has 1 amide bonds. The van der Waals surface area contributed by atoms with Gasteiger partial charge >= 0.3 is 0 Å². The summed E-state index contributed by atoms with van der Waals surface area (Å²) in [4.78, 5) is 12.4. The molecular weight excluding hydrogens is 453 g/mol. The van der Waals surface area contributed by atoms with Gasteiger partial charge < -0.3 is 4.57 Å². The fourth-order valence-corrected chi connectivity index (χ4v) is 4.27. The van der Waals surface area contributed by atoms with E-state index in [1.807, 2.05) is 55.5 Å². The number of hydrogen-bond donors (Lipinski definition) is 1. The van der Waals surface area contributed by atoms with E-state index in [-0.39, 0.29) is 12.3 Å².